The van der Waals surface area contributed by atoms with Gasteiger partial charge in [-0.05, 0) is 32.1 Å². The van der Waals surface area contributed by atoms with Crippen LogP contribution in [0.2, 0.25) is 0 Å². The minimum Gasteiger partial charge on any atom is -0.311 e. The lowest BCUT2D eigenvalue weighted by molar-refractivity contribution is 0.248. The molecule has 16 heavy (non-hydrogen) atoms. The molecule has 94 valence electrons. The van der Waals surface area contributed by atoms with Gasteiger partial charge in [0.1, 0.15) is 0 Å². The van der Waals surface area contributed by atoms with E-state index in [1.165, 1.54) is 38.5 Å². The summed E-state index contributed by atoms with van der Waals surface area (Å²) in [4.78, 5) is -0.0801. The van der Waals surface area contributed by atoms with Gasteiger partial charge in [0.25, 0.3) is 0 Å². The molecular weight excluding hydrogens is 241 g/mol. The number of rotatable bonds is 1. The molecule has 0 spiro atoms. The summed E-state index contributed by atoms with van der Waals surface area (Å²) in [6.45, 7) is 3.09. The Morgan fingerprint density at radius 1 is 1.12 bits per heavy atom. The summed E-state index contributed by atoms with van der Waals surface area (Å²) in [6, 6.07) is 0.402. The van der Waals surface area contributed by atoms with Crippen LogP contribution in [0.1, 0.15) is 51.9 Å². The van der Waals surface area contributed by atoms with Crippen molar-refractivity contribution >= 4 is 23.2 Å². The predicted octanol–water partition coefficient (Wildman–Crippen LogP) is 3.92. The normalized spacial score (nSPS) is 42.9. The summed E-state index contributed by atoms with van der Waals surface area (Å²) in [5, 5.41) is 3.67. The molecule has 1 aliphatic heterocycles. The molecule has 0 amide bonds. The second-order valence-corrected chi connectivity index (χ2v) is 6.93. The molecule has 1 saturated carbocycles. The van der Waals surface area contributed by atoms with Gasteiger partial charge in [0.2, 0.25) is 0 Å². The van der Waals surface area contributed by atoms with Crippen LogP contribution in [0.15, 0.2) is 0 Å². The molecule has 2 rings (SSSR count). The van der Waals surface area contributed by atoms with Gasteiger partial charge in [0, 0.05) is 12.6 Å². The molecule has 0 aromatic carbocycles. The van der Waals surface area contributed by atoms with Gasteiger partial charge in [-0.1, -0.05) is 25.7 Å². The second-order valence-electron chi connectivity index (χ2n) is 5.61. The Kier molecular flexibility index (Phi) is 4.43. The van der Waals surface area contributed by atoms with E-state index in [1.54, 1.807) is 0 Å². The SMILES string of the molecule is CC1NCC(Cl)(C2CCCCCC2)CC1Cl. The second kappa shape index (κ2) is 5.46. The molecule has 0 aromatic rings. The fourth-order valence-electron chi connectivity index (χ4n) is 3.14. The van der Waals surface area contributed by atoms with E-state index in [4.69, 9.17) is 23.2 Å². The fourth-order valence-corrected chi connectivity index (χ4v) is 4.04. The largest absolute Gasteiger partial charge is 0.311 e. The van der Waals surface area contributed by atoms with Gasteiger partial charge >= 0.3 is 0 Å². The lowest BCUT2D eigenvalue weighted by Crippen LogP contribution is -2.54. The maximum absolute atomic E-state index is 6.84. The Labute approximate surface area is 109 Å². The third-order valence-corrected chi connectivity index (χ3v) is 5.51. The summed E-state index contributed by atoms with van der Waals surface area (Å²) < 4.78 is 0. The highest BCUT2D eigenvalue weighted by atomic mass is 35.5. The van der Waals surface area contributed by atoms with Crippen LogP contribution in [0.4, 0.5) is 0 Å². The standard InChI is InChI=1S/C13H23Cl2N/c1-10-12(14)8-13(15,9-16-10)11-6-4-2-3-5-7-11/h10-12,16H,2-9H2,1H3. The Balaban J connectivity index is 2.00. The van der Waals surface area contributed by atoms with Crippen molar-refractivity contribution in [3.8, 4) is 0 Å². The maximum Gasteiger partial charge on any atom is 0.0613 e. The van der Waals surface area contributed by atoms with Gasteiger partial charge in [-0.25, -0.2) is 0 Å². The van der Waals surface area contributed by atoms with Crippen molar-refractivity contribution in [2.75, 3.05) is 6.54 Å². The molecule has 1 N–H and O–H groups in total. The summed E-state index contributed by atoms with van der Waals surface area (Å²) >= 11 is 13.2. The first-order valence-corrected chi connectivity index (χ1v) is 7.50. The van der Waals surface area contributed by atoms with Gasteiger partial charge in [-0.15, -0.1) is 23.2 Å². The molecule has 3 atom stereocenters. The third-order valence-electron chi connectivity index (χ3n) is 4.38. The zero-order chi connectivity index (χ0) is 11.6. The van der Waals surface area contributed by atoms with Crippen LogP contribution in [0, 0.1) is 5.92 Å². The topological polar surface area (TPSA) is 12.0 Å². The van der Waals surface area contributed by atoms with Crippen LogP contribution in [0.25, 0.3) is 0 Å². The van der Waals surface area contributed by atoms with E-state index < -0.39 is 0 Å². The summed E-state index contributed by atoms with van der Waals surface area (Å²) in [5.41, 5.74) is 0. The third kappa shape index (κ3) is 2.86. The van der Waals surface area contributed by atoms with Gasteiger partial charge in [0.15, 0.2) is 0 Å². The smallest absolute Gasteiger partial charge is 0.0613 e. The van der Waals surface area contributed by atoms with Crippen molar-refractivity contribution in [1.29, 1.82) is 0 Å². The Morgan fingerprint density at radius 2 is 1.75 bits per heavy atom. The average molecular weight is 264 g/mol. The van der Waals surface area contributed by atoms with Gasteiger partial charge in [0.05, 0.1) is 10.3 Å². The fraction of sp³-hybridized carbons (Fsp3) is 1.00. The highest BCUT2D eigenvalue weighted by Crippen LogP contribution is 2.42. The van der Waals surface area contributed by atoms with Crippen molar-refractivity contribution < 1.29 is 0 Å². The number of alkyl halides is 2. The maximum atomic E-state index is 6.84. The van der Waals surface area contributed by atoms with Crippen molar-refractivity contribution in [3.63, 3.8) is 0 Å². The first kappa shape index (κ1) is 13.0. The quantitative estimate of drug-likeness (QED) is 0.559. The molecule has 2 fully saturated rings. The molecule has 0 aromatic heterocycles. The van der Waals surface area contributed by atoms with Crippen LogP contribution in [-0.2, 0) is 0 Å². The van der Waals surface area contributed by atoms with Crippen molar-refractivity contribution in [2.45, 2.75) is 68.2 Å². The monoisotopic (exact) mass is 263 g/mol. The van der Waals surface area contributed by atoms with Gasteiger partial charge in [-0.2, -0.15) is 0 Å². The van der Waals surface area contributed by atoms with Gasteiger partial charge in [-0.3, -0.25) is 0 Å². The molecule has 2 aliphatic rings. The highest BCUT2D eigenvalue weighted by Gasteiger charge is 2.42. The van der Waals surface area contributed by atoms with Crippen LogP contribution >= 0.6 is 23.2 Å². The van der Waals surface area contributed by atoms with Gasteiger partial charge < -0.3 is 5.32 Å². The van der Waals surface area contributed by atoms with E-state index in [-0.39, 0.29) is 10.3 Å². The Morgan fingerprint density at radius 3 is 2.31 bits per heavy atom. The minimum absolute atomic E-state index is 0.0801. The highest BCUT2D eigenvalue weighted by molar-refractivity contribution is 6.26. The van der Waals surface area contributed by atoms with Crippen LogP contribution in [0.3, 0.4) is 0 Å². The number of halogens is 2. The van der Waals surface area contributed by atoms with E-state index in [0.717, 1.165) is 13.0 Å². The minimum atomic E-state index is -0.0801. The average Bonchev–Trinajstić information content (AvgIpc) is 2.53. The number of hydrogen-bond donors (Lipinski definition) is 1. The molecule has 3 heteroatoms. The molecule has 1 saturated heterocycles. The first-order valence-electron chi connectivity index (χ1n) is 6.68. The van der Waals surface area contributed by atoms with E-state index in [2.05, 4.69) is 12.2 Å². The molecular formula is C13H23Cl2N. The molecule has 0 radical (unpaired) electrons. The molecule has 3 unspecified atom stereocenters. The summed E-state index contributed by atoms with van der Waals surface area (Å²) in [5.74, 6) is 0.665. The van der Waals surface area contributed by atoms with E-state index in [1.807, 2.05) is 0 Å². The predicted molar refractivity (Wildman–Crippen MR) is 71.5 cm³/mol. The lowest BCUT2D eigenvalue weighted by atomic mass is 9.79. The Bertz CT molecular complexity index is 226. The molecule has 0 bridgehead atoms. The number of piperidine rings is 1. The van der Waals surface area contributed by atoms with Crippen LogP contribution in [-0.4, -0.2) is 22.8 Å². The number of nitrogens with one attached hydrogen (secondary N) is 1. The lowest BCUT2D eigenvalue weighted by Gasteiger charge is -2.43. The first-order chi connectivity index (χ1) is 7.62. The van der Waals surface area contributed by atoms with E-state index >= 15 is 0 Å². The molecule has 1 heterocycles. The summed E-state index contributed by atoms with van der Waals surface area (Å²) in [7, 11) is 0. The van der Waals surface area contributed by atoms with Crippen molar-refractivity contribution in [2.24, 2.45) is 5.92 Å². The molecule has 1 aliphatic carbocycles. The van der Waals surface area contributed by atoms with E-state index in [0.29, 0.717) is 12.0 Å². The van der Waals surface area contributed by atoms with Crippen molar-refractivity contribution in [3.05, 3.63) is 0 Å². The van der Waals surface area contributed by atoms with Crippen molar-refractivity contribution in [1.82, 2.24) is 5.32 Å². The zero-order valence-electron chi connectivity index (χ0n) is 10.1. The zero-order valence-corrected chi connectivity index (χ0v) is 11.7. The van der Waals surface area contributed by atoms with Crippen LogP contribution in [0.5, 0.6) is 0 Å². The number of hydrogen-bond acceptors (Lipinski definition) is 1. The summed E-state index contributed by atoms with van der Waals surface area (Å²) in [6.07, 6.45) is 9.03. The molecule has 1 nitrogen and oxygen atoms in total. The van der Waals surface area contributed by atoms with E-state index in [9.17, 15) is 0 Å². The van der Waals surface area contributed by atoms with Crippen LogP contribution < -0.4 is 5.32 Å². The Hall–Kier alpha value is 0.540.